The fourth-order valence-electron chi connectivity index (χ4n) is 3.30. The van der Waals surface area contributed by atoms with E-state index in [1.807, 2.05) is 24.3 Å². The first kappa shape index (κ1) is 34.8. The fraction of sp³-hybridized carbons (Fsp3) is 0.286. The second-order valence-corrected chi connectivity index (χ2v) is 8.35. The van der Waals surface area contributed by atoms with Crippen LogP contribution < -0.4 is 9.47 Å². The third kappa shape index (κ3) is 12.4. The van der Waals surface area contributed by atoms with E-state index in [9.17, 15) is 0 Å². The van der Waals surface area contributed by atoms with Gasteiger partial charge in [0.1, 0.15) is 11.5 Å². The van der Waals surface area contributed by atoms with Crippen molar-refractivity contribution in [2.45, 2.75) is 38.8 Å². The quantitative estimate of drug-likeness (QED) is 0.261. The van der Waals surface area contributed by atoms with Crippen molar-refractivity contribution in [3.05, 3.63) is 107 Å². The normalized spacial score (nSPS) is 11.6. The summed E-state index contributed by atoms with van der Waals surface area (Å²) in [5, 5.41) is 0. The van der Waals surface area contributed by atoms with Gasteiger partial charge in [-0.15, -0.1) is 37.7 Å². The third-order valence-electron chi connectivity index (χ3n) is 4.80. The number of aryl methyl sites for hydroxylation is 2. The number of halogens is 2. The molecule has 0 amide bonds. The Kier molecular flexibility index (Phi) is 21.5. The van der Waals surface area contributed by atoms with Gasteiger partial charge in [0.15, 0.2) is 0 Å². The van der Waals surface area contributed by atoms with Gasteiger partial charge >= 0.3 is 26.2 Å². The van der Waals surface area contributed by atoms with Crippen LogP contribution in [0.15, 0.2) is 72.9 Å². The standard InChI is InChI=1S/C18H22O2Si.2C5H5.2ClH.Zr/c1-13-7-5-9-15(17(13)19-3)11-21-12-16-10-6-8-14(2)18(16)20-4;2*1-2-4-5-3-1;;;/h5-10H,11-12H2,1-4H3;2*1-3H,4H2;2*1H;/q;2*-1;;;+2. The molecule has 2 radical (unpaired) electrons. The molecule has 0 atom stereocenters. The van der Waals surface area contributed by atoms with Gasteiger partial charge in [0, 0.05) is 9.52 Å². The summed E-state index contributed by atoms with van der Waals surface area (Å²) >= 11 is 0. The van der Waals surface area contributed by atoms with E-state index in [1.54, 1.807) is 14.2 Å². The van der Waals surface area contributed by atoms with Crippen LogP contribution in [0.25, 0.3) is 0 Å². The summed E-state index contributed by atoms with van der Waals surface area (Å²) in [5.74, 6) is 2.06. The molecule has 0 spiro atoms. The summed E-state index contributed by atoms with van der Waals surface area (Å²) < 4.78 is 11.0. The second kappa shape index (κ2) is 21.0. The first-order chi connectivity index (χ1) is 15.2. The average molecular weight is 593 g/mol. The molecular weight excluding hydrogens is 559 g/mol. The molecule has 2 aliphatic carbocycles. The maximum absolute atomic E-state index is 5.52. The maximum atomic E-state index is 5.52. The zero-order chi connectivity index (χ0) is 22.3. The zero-order valence-electron chi connectivity index (χ0n) is 20.4. The van der Waals surface area contributed by atoms with Crippen LogP contribution in [0.3, 0.4) is 0 Å². The Hall–Kier alpha value is -1.32. The van der Waals surface area contributed by atoms with Gasteiger partial charge in [-0.25, -0.2) is 24.3 Å². The van der Waals surface area contributed by atoms with E-state index in [4.69, 9.17) is 9.47 Å². The topological polar surface area (TPSA) is 18.5 Å². The van der Waals surface area contributed by atoms with Gasteiger partial charge in [0.05, 0.1) is 14.2 Å². The van der Waals surface area contributed by atoms with Crippen molar-refractivity contribution in [1.82, 2.24) is 0 Å². The molecule has 0 N–H and O–H groups in total. The van der Waals surface area contributed by atoms with Crippen molar-refractivity contribution >= 4 is 34.3 Å². The molecule has 6 heteroatoms. The minimum absolute atomic E-state index is 0. The number of benzene rings is 2. The molecular formula is C28H34Cl2O2SiZr. The molecule has 0 bridgehead atoms. The van der Waals surface area contributed by atoms with Crippen LogP contribution >= 0.6 is 24.8 Å². The van der Waals surface area contributed by atoms with Crippen LogP contribution in [0.5, 0.6) is 11.5 Å². The van der Waals surface area contributed by atoms with Crippen LogP contribution in [-0.2, 0) is 38.3 Å². The summed E-state index contributed by atoms with van der Waals surface area (Å²) in [5.41, 5.74) is 4.99. The molecule has 0 saturated heterocycles. The second-order valence-electron chi connectivity index (χ2n) is 7.14. The van der Waals surface area contributed by atoms with Gasteiger partial charge in [-0.2, -0.15) is 12.2 Å². The summed E-state index contributed by atoms with van der Waals surface area (Å²) in [7, 11) is 4.32. The van der Waals surface area contributed by atoms with Crippen molar-refractivity contribution in [2.75, 3.05) is 14.2 Å². The van der Waals surface area contributed by atoms with E-state index < -0.39 is 0 Å². The van der Waals surface area contributed by atoms with Crippen LogP contribution in [-0.4, -0.2) is 23.7 Å². The third-order valence-corrected chi connectivity index (χ3v) is 6.06. The van der Waals surface area contributed by atoms with Crippen LogP contribution in [0.1, 0.15) is 35.1 Å². The number of methoxy groups -OCH3 is 2. The number of allylic oxidation sites excluding steroid dienone is 8. The first-order valence-electron chi connectivity index (χ1n) is 10.6. The molecule has 0 saturated carbocycles. The first-order valence-corrected chi connectivity index (χ1v) is 12.0. The number of hydrogen-bond donors (Lipinski definition) is 0. The van der Waals surface area contributed by atoms with Gasteiger partial charge in [-0.1, -0.05) is 36.4 Å². The van der Waals surface area contributed by atoms with E-state index in [-0.39, 0.29) is 51.0 Å². The smallest absolute Gasteiger partial charge is 0.496 e. The zero-order valence-corrected chi connectivity index (χ0v) is 25.5. The molecule has 180 valence electrons. The molecule has 2 aromatic rings. The Bertz CT molecular complexity index is 844. The molecule has 0 fully saturated rings. The average Bonchev–Trinajstić information content (AvgIpc) is 3.53. The van der Waals surface area contributed by atoms with E-state index >= 15 is 0 Å². The van der Waals surface area contributed by atoms with Crippen molar-refractivity contribution in [3.8, 4) is 11.5 Å². The largest absolute Gasteiger partial charge is 2.00 e. The number of ether oxygens (including phenoxy) is 2. The van der Waals surface area contributed by atoms with Crippen LogP contribution in [0.4, 0.5) is 0 Å². The molecule has 2 aromatic carbocycles. The van der Waals surface area contributed by atoms with Gasteiger partial charge in [-0.05, 0) is 48.2 Å². The SMILES string of the molecule is COc1c(C)cccc1C[Si]Cc1cccc(C)c1OC.Cl.Cl.[C-]1=CC=CC1.[C-]1=CC=CC1.[Zr+2]. The van der Waals surface area contributed by atoms with Crippen molar-refractivity contribution in [3.63, 3.8) is 0 Å². The molecule has 2 nitrogen and oxygen atoms in total. The van der Waals surface area contributed by atoms with Crippen molar-refractivity contribution < 1.29 is 35.7 Å². The summed E-state index contributed by atoms with van der Waals surface area (Å²) in [6, 6.07) is 14.8. The summed E-state index contributed by atoms with van der Waals surface area (Å²) in [6.07, 6.45) is 20.0. The summed E-state index contributed by atoms with van der Waals surface area (Å²) in [4.78, 5) is 0. The molecule has 0 aliphatic heterocycles. The molecule has 0 aromatic heterocycles. The Labute approximate surface area is 240 Å². The van der Waals surface area contributed by atoms with Gasteiger partial charge in [-0.3, -0.25) is 12.2 Å². The summed E-state index contributed by atoms with van der Waals surface area (Å²) in [6.45, 7) is 4.18. The molecule has 34 heavy (non-hydrogen) atoms. The Morgan fingerprint density at radius 1 is 0.735 bits per heavy atom. The van der Waals surface area contributed by atoms with Gasteiger partial charge in [0.2, 0.25) is 0 Å². The fourth-order valence-corrected chi connectivity index (χ4v) is 4.52. The minimum Gasteiger partial charge on any atom is -0.496 e. The van der Waals surface area contributed by atoms with E-state index in [0.717, 1.165) is 45.9 Å². The van der Waals surface area contributed by atoms with E-state index in [1.165, 1.54) is 22.3 Å². The minimum atomic E-state index is 0. The molecule has 0 unspecified atom stereocenters. The molecule has 0 heterocycles. The van der Waals surface area contributed by atoms with Crippen LogP contribution in [0, 0.1) is 26.0 Å². The number of hydrogen-bond acceptors (Lipinski definition) is 2. The Balaban J connectivity index is 0. The van der Waals surface area contributed by atoms with Crippen molar-refractivity contribution in [2.24, 2.45) is 0 Å². The predicted octanol–water partition coefficient (Wildman–Crippen LogP) is 7.18. The monoisotopic (exact) mass is 590 g/mol. The molecule has 4 rings (SSSR count). The Morgan fingerprint density at radius 2 is 1.15 bits per heavy atom. The van der Waals surface area contributed by atoms with Gasteiger partial charge in [0.25, 0.3) is 0 Å². The maximum Gasteiger partial charge on any atom is 2.00 e. The Morgan fingerprint density at radius 3 is 1.41 bits per heavy atom. The predicted molar refractivity (Wildman–Crippen MR) is 146 cm³/mol. The number of rotatable bonds is 6. The van der Waals surface area contributed by atoms with Crippen molar-refractivity contribution in [1.29, 1.82) is 0 Å². The molecule has 2 aliphatic rings. The van der Waals surface area contributed by atoms with Gasteiger partial charge < -0.3 is 9.47 Å². The number of para-hydroxylation sites is 2. The van der Waals surface area contributed by atoms with E-state index in [2.05, 4.69) is 74.5 Å². The van der Waals surface area contributed by atoms with E-state index in [0.29, 0.717) is 0 Å². The van der Waals surface area contributed by atoms with Crippen LogP contribution in [0.2, 0.25) is 0 Å².